The number of likely N-dealkylation sites (tertiary alicyclic amines) is 1. The zero-order valence-electron chi connectivity index (χ0n) is 13.0. The van der Waals surface area contributed by atoms with Crippen LogP contribution in [0.2, 0.25) is 0 Å². The first kappa shape index (κ1) is 17.4. The summed E-state index contributed by atoms with van der Waals surface area (Å²) >= 11 is 0. The molecule has 1 rings (SSSR count). The van der Waals surface area contributed by atoms with E-state index in [2.05, 4.69) is 10.6 Å². The summed E-state index contributed by atoms with van der Waals surface area (Å²) in [4.78, 5) is 36.8. The quantitative estimate of drug-likeness (QED) is 0.722. The number of nitrogens with zero attached hydrogens (tertiary/aromatic N) is 1. The molecule has 0 aromatic rings. The Balaban J connectivity index is 2.44. The molecule has 21 heavy (non-hydrogen) atoms. The summed E-state index contributed by atoms with van der Waals surface area (Å²) in [5.41, 5.74) is 0. The number of ether oxygens (including phenoxy) is 1. The lowest BCUT2D eigenvalue weighted by Gasteiger charge is -2.32. The van der Waals surface area contributed by atoms with Gasteiger partial charge in [-0.2, -0.15) is 0 Å². The normalized spacial score (nSPS) is 19.1. The number of carbonyl (C=O) groups excluding carboxylic acids is 3. The molecule has 1 saturated heterocycles. The summed E-state index contributed by atoms with van der Waals surface area (Å²) in [6, 6.07) is -0.895. The van der Waals surface area contributed by atoms with Crippen LogP contribution in [0.3, 0.4) is 0 Å². The van der Waals surface area contributed by atoms with E-state index in [4.69, 9.17) is 4.74 Å². The highest BCUT2D eigenvalue weighted by Crippen LogP contribution is 2.17. The monoisotopic (exact) mass is 299 g/mol. The number of imide groups is 1. The number of hydrogen-bond acceptors (Lipinski definition) is 5. The van der Waals surface area contributed by atoms with E-state index in [1.165, 1.54) is 7.11 Å². The van der Waals surface area contributed by atoms with Crippen LogP contribution in [0.1, 0.15) is 33.1 Å². The fraction of sp³-hybridized carbons (Fsp3) is 0.786. The third-order valence-electron chi connectivity index (χ3n) is 3.36. The van der Waals surface area contributed by atoms with Crippen LogP contribution in [-0.2, 0) is 14.3 Å². The van der Waals surface area contributed by atoms with Gasteiger partial charge in [-0.3, -0.25) is 19.8 Å². The molecule has 7 heteroatoms. The van der Waals surface area contributed by atoms with Gasteiger partial charge in [-0.05, 0) is 25.3 Å². The molecule has 7 nitrogen and oxygen atoms in total. The number of rotatable bonds is 5. The Bertz CT molecular complexity index is 384. The van der Waals surface area contributed by atoms with E-state index in [0.29, 0.717) is 25.4 Å². The Kier molecular flexibility index (Phi) is 7.14. The van der Waals surface area contributed by atoms with Gasteiger partial charge in [-0.25, -0.2) is 4.79 Å². The maximum Gasteiger partial charge on any atom is 0.323 e. The summed E-state index contributed by atoms with van der Waals surface area (Å²) < 4.78 is 4.76. The molecule has 1 aliphatic heterocycles. The Hall–Kier alpha value is -1.63. The molecule has 0 spiro atoms. The van der Waals surface area contributed by atoms with Crippen LogP contribution in [0.5, 0.6) is 0 Å². The molecule has 0 aromatic carbocycles. The Morgan fingerprint density at radius 2 is 2.00 bits per heavy atom. The first-order valence-corrected chi connectivity index (χ1v) is 7.33. The Labute approximate surface area is 125 Å². The summed E-state index contributed by atoms with van der Waals surface area (Å²) in [5, 5.41) is 4.89. The van der Waals surface area contributed by atoms with Crippen molar-refractivity contribution in [2.24, 2.45) is 5.92 Å². The van der Waals surface area contributed by atoms with E-state index in [9.17, 15) is 14.4 Å². The molecule has 0 radical (unpaired) electrons. The molecule has 1 aliphatic rings. The molecule has 120 valence electrons. The molecule has 1 fully saturated rings. The van der Waals surface area contributed by atoms with E-state index in [1.807, 2.05) is 13.8 Å². The predicted octanol–water partition coefficient (Wildman–Crippen LogP) is 0.496. The molecule has 0 bridgehead atoms. The maximum atomic E-state index is 11.9. The van der Waals surface area contributed by atoms with Gasteiger partial charge in [0.05, 0.1) is 13.7 Å². The molecule has 1 unspecified atom stereocenters. The maximum absolute atomic E-state index is 11.9. The van der Waals surface area contributed by atoms with Crippen molar-refractivity contribution in [3.8, 4) is 0 Å². The molecular formula is C14H25N3O4. The van der Waals surface area contributed by atoms with Gasteiger partial charge in [0.15, 0.2) is 0 Å². The summed E-state index contributed by atoms with van der Waals surface area (Å²) in [5.74, 6) is -0.421. The summed E-state index contributed by atoms with van der Waals surface area (Å²) in [6.45, 7) is 5.12. The Morgan fingerprint density at radius 1 is 1.29 bits per heavy atom. The number of piperidine rings is 1. The smallest absolute Gasteiger partial charge is 0.323 e. The lowest BCUT2D eigenvalue weighted by molar-refractivity contribution is -0.148. The standard InChI is InChI=1S/C14H25N3O4/c1-10(2)8-15-14(20)16-12(18)9-17-7-5-4-6-11(17)13(19)21-3/h10-11H,4-9H2,1-3H3,(H2,15,16,18,20). The zero-order valence-corrected chi connectivity index (χ0v) is 13.0. The van der Waals surface area contributed by atoms with Gasteiger partial charge in [-0.1, -0.05) is 20.3 Å². The fourth-order valence-corrected chi connectivity index (χ4v) is 2.27. The van der Waals surface area contributed by atoms with Crippen LogP contribution < -0.4 is 10.6 Å². The van der Waals surface area contributed by atoms with Crippen molar-refractivity contribution >= 4 is 17.9 Å². The highest BCUT2D eigenvalue weighted by molar-refractivity contribution is 5.95. The number of amides is 3. The number of carbonyl (C=O) groups is 3. The van der Waals surface area contributed by atoms with Gasteiger partial charge in [0.1, 0.15) is 6.04 Å². The highest BCUT2D eigenvalue weighted by atomic mass is 16.5. The average Bonchev–Trinajstić information content (AvgIpc) is 2.44. The SMILES string of the molecule is COC(=O)C1CCCCN1CC(=O)NC(=O)NCC(C)C. The molecule has 2 N–H and O–H groups in total. The molecular weight excluding hydrogens is 274 g/mol. The van der Waals surface area contributed by atoms with Crippen LogP contribution in [0.15, 0.2) is 0 Å². The summed E-state index contributed by atoms with van der Waals surface area (Å²) in [7, 11) is 1.34. The molecule has 0 aliphatic carbocycles. The van der Waals surface area contributed by atoms with Crippen molar-refractivity contribution in [2.75, 3.05) is 26.7 Å². The van der Waals surface area contributed by atoms with Crippen molar-refractivity contribution in [3.05, 3.63) is 0 Å². The number of esters is 1. The number of urea groups is 1. The molecule has 0 aromatic heterocycles. The van der Waals surface area contributed by atoms with Crippen LogP contribution in [0.25, 0.3) is 0 Å². The topological polar surface area (TPSA) is 87.7 Å². The first-order valence-electron chi connectivity index (χ1n) is 7.33. The first-order chi connectivity index (χ1) is 9.93. The average molecular weight is 299 g/mol. The van der Waals surface area contributed by atoms with Crippen LogP contribution in [0, 0.1) is 5.92 Å². The predicted molar refractivity (Wildman–Crippen MR) is 77.6 cm³/mol. The second-order valence-corrected chi connectivity index (χ2v) is 5.66. The molecule has 1 atom stereocenters. The van der Waals surface area contributed by atoms with Crippen molar-refractivity contribution in [2.45, 2.75) is 39.2 Å². The minimum atomic E-state index is -0.500. The molecule has 0 saturated carbocycles. The minimum Gasteiger partial charge on any atom is -0.468 e. The van der Waals surface area contributed by atoms with Gasteiger partial charge in [0, 0.05) is 6.54 Å². The number of nitrogens with one attached hydrogen (secondary N) is 2. The minimum absolute atomic E-state index is 0.0227. The van der Waals surface area contributed by atoms with E-state index in [1.54, 1.807) is 4.90 Å². The van der Waals surface area contributed by atoms with Gasteiger partial charge >= 0.3 is 12.0 Å². The zero-order chi connectivity index (χ0) is 15.8. The molecule has 3 amide bonds. The second kappa shape index (κ2) is 8.61. The van der Waals surface area contributed by atoms with Crippen LogP contribution in [0.4, 0.5) is 4.79 Å². The van der Waals surface area contributed by atoms with Crippen molar-refractivity contribution in [3.63, 3.8) is 0 Å². The fourth-order valence-electron chi connectivity index (χ4n) is 2.27. The van der Waals surface area contributed by atoms with Gasteiger partial charge in [0.2, 0.25) is 5.91 Å². The van der Waals surface area contributed by atoms with Gasteiger partial charge < -0.3 is 10.1 Å². The van der Waals surface area contributed by atoms with Crippen LogP contribution >= 0.6 is 0 Å². The largest absolute Gasteiger partial charge is 0.468 e. The van der Waals surface area contributed by atoms with Crippen LogP contribution in [-0.4, -0.2) is 55.6 Å². The van der Waals surface area contributed by atoms with E-state index >= 15 is 0 Å². The third kappa shape index (κ3) is 6.12. The number of hydrogen-bond donors (Lipinski definition) is 2. The third-order valence-corrected chi connectivity index (χ3v) is 3.36. The van der Waals surface area contributed by atoms with E-state index < -0.39 is 18.0 Å². The second-order valence-electron chi connectivity index (χ2n) is 5.66. The van der Waals surface area contributed by atoms with Crippen molar-refractivity contribution < 1.29 is 19.1 Å². The van der Waals surface area contributed by atoms with Gasteiger partial charge in [0.25, 0.3) is 0 Å². The highest BCUT2D eigenvalue weighted by Gasteiger charge is 2.30. The van der Waals surface area contributed by atoms with E-state index in [-0.39, 0.29) is 12.5 Å². The van der Waals surface area contributed by atoms with E-state index in [0.717, 1.165) is 12.8 Å². The lowest BCUT2D eigenvalue weighted by Crippen LogP contribution is -2.51. The number of methoxy groups -OCH3 is 1. The Morgan fingerprint density at radius 3 is 2.62 bits per heavy atom. The van der Waals surface area contributed by atoms with Gasteiger partial charge in [-0.15, -0.1) is 0 Å². The van der Waals surface area contributed by atoms with Crippen molar-refractivity contribution in [1.29, 1.82) is 0 Å². The molecule has 1 heterocycles. The summed E-state index contributed by atoms with van der Waals surface area (Å²) in [6.07, 6.45) is 2.55. The lowest BCUT2D eigenvalue weighted by atomic mass is 10.0. The van der Waals surface area contributed by atoms with Crippen molar-refractivity contribution in [1.82, 2.24) is 15.5 Å².